The highest BCUT2D eigenvalue weighted by Crippen LogP contribution is 2.44. The molecule has 1 aromatic heterocycles. The van der Waals surface area contributed by atoms with Crippen molar-refractivity contribution in [2.45, 2.75) is 38.3 Å². The molecule has 2 amide bonds. The van der Waals surface area contributed by atoms with Gasteiger partial charge < -0.3 is 0 Å². The number of carbonyl (C=O) groups is 1. The summed E-state index contributed by atoms with van der Waals surface area (Å²) in [4.78, 5) is 19.5. The lowest BCUT2D eigenvalue weighted by molar-refractivity contribution is 0.252. The number of rotatable bonds is 2. The van der Waals surface area contributed by atoms with Crippen LogP contribution in [0.4, 0.5) is 20.7 Å². The first-order chi connectivity index (χ1) is 14.3. The molecule has 0 bridgehead atoms. The van der Waals surface area contributed by atoms with Crippen molar-refractivity contribution in [1.29, 1.82) is 0 Å². The standard InChI is InChI=1S/C23H22FN5O/c1-23(2,3)29-21-17(13-25-29)18(14-9-11-15(24)12-10-14)19-20(26-21)27-22(30)28(19)16-7-5-4-6-8-16/h4-13,18-19H,1-3H3,(H,26,27,30)/t18-,19+/m0/s1. The van der Waals surface area contributed by atoms with Crippen LogP contribution in [0.2, 0.25) is 0 Å². The third kappa shape index (κ3) is 2.81. The van der Waals surface area contributed by atoms with Gasteiger partial charge in [-0.2, -0.15) is 5.10 Å². The highest BCUT2D eigenvalue weighted by molar-refractivity contribution is 6.18. The third-order valence-corrected chi connectivity index (χ3v) is 5.56. The maximum absolute atomic E-state index is 13.7. The maximum Gasteiger partial charge on any atom is 0.328 e. The molecule has 1 saturated heterocycles. The van der Waals surface area contributed by atoms with E-state index in [2.05, 4.69) is 31.2 Å². The number of benzene rings is 2. The van der Waals surface area contributed by atoms with Gasteiger partial charge in [-0.15, -0.1) is 0 Å². The minimum Gasteiger partial charge on any atom is -0.294 e. The number of para-hydroxylation sites is 1. The number of nitrogens with zero attached hydrogens (tertiary/aromatic N) is 4. The molecular formula is C23H22FN5O. The molecule has 7 heteroatoms. The molecular weight excluding hydrogens is 381 g/mol. The van der Waals surface area contributed by atoms with Gasteiger partial charge in [-0.3, -0.25) is 10.2 Å². The summed E-state index contributed by atoms with van der Waals surface area (Å²) in [6.45, 7) is 6.18. The Hall–Kier alpha value is -3.48. The fourth-order valence-corrected chi connectivity index (χ4v) is 4.25. The Labute approximate surface area is 174 Å². The first-order valence-electron chi connectivity index (χ1n) is 9.92. The fraction of sp³-hybridized carbons (Fsp3) is 0.261. The molecule has 2 aromatic carbocycles. The largest absolute Gasteiger partial charge is 0.328 e. The van der Waals surface area contributed by atoms with Gasteiger partial charge in [-0.1, -0.05) is 30.3 Å². The lowest BCUT2D eigenvalue weighted by Crippen LogP contribution is -2.42. The Morgan fingerprint density at radius 3 is 2.40 bits per heavy atom. The number of amides is 2. The highest BCUT2D eigenvalue weighted by Gasteiger charge is 2.48. The van der Waals surface area contributed by atoms with Gasteiger partial charge in [0.1, 0.15) is 17.7 Å². The number of halogens is 1. The lowest BCUT2D eigenvalue weighted by atomic mass is 9.83. The van der Waals surface area contributed by atoms with Gasteiger partial charge in [0.15, 0.2) is 5.82 Å². The number of carbonyl (C=O) groups excluding carboxylic acids is 1. The van der Waals surface area contributed by atoms with Gasteiger partial charge in [-0.25, -0.2) is 18.9 Å². The molecule has 1 N–H and O–H groups in total. The summed E-state index contributed by atoms with van der Waals surface area (Å²) in [5, 5.41) is 7.56. The molecule has 0 spiro atoms. The highest BCUT2D eigenvalue weighted by atomic mass is 19.1. The second kappa shape index (κ2) is 6.52. The molecule has 0 saturated carbocycles. The number of nitrogens with one attached hydrogen (secondary N) is 1. The molecule has 2 aliphatic heterocycles. The SMILES string of the molecule is CC(C)(C)n1ncc2c1N=C1NC(=O)N(c3ccccc3)[C@@H]1[C@H]2c1ccc(F)cc1. The van der Waals surface area contributed by atoms with Crippen LogP contribution < -0.4 is 10.2 Å². The van der Waals surface area contributed by atoms with Crippen LogP contribution in [0.3, 0.4) is 0 Å². The molecule has 2 atom stereocenters. The van der Waals surface area contributed by atoms with E-state index >= 15 is 0 Å². The van der Waals surface area contributed by atoms with E-state index in [-0.39, 0.29) is 29.3 Å². The Balaban J connectivity index is 1.73. The van der Waals surface area contributed by atoms with Crippen LogP contribution in [-0.2, 0) is 5.54 Å². The third-order valence-electron chi connectivity index (χ3n) is 5.56. The van der Waals surface area contributed by atoms with Crippen molar-refractivity contribution in [2.75, 3.05) is 4.90 Å². The minimum atomic E-state index is -0.365. The first-order valence-corrected chi connectivity index (χ1v) is 9.92. The van der Waals surface area contributed by atoms with Crippen LogP contribution in [0.1, 0.15) is 37.8 Å². The van der Waals surface area contributed by atoms with E-state index in [9.17, 15) is 9.18 Å². The van der Waals surface area contributed by atoms with Gasteiger partial charge in [-0.05, 0) is 50.6 Å². The molecule has 2 aliphatic rings. The number of amidine groups is 1. The number of aromatic nitrogens is 2. The van der Waals surface area contributed by atoms with Crippen molar-refractivity contribution >= 4 is 23.4 Å². The summed E-state index contributed by atoms with van der Waals surface area (Å²) >= 11 is 0. The Morgan fingerprint density at radius 2 is 1.73 bits per heavy atom. The summed E-state index contributed by atoms with van der Waals surface area (Å²) in [7, 11) is 0. The number of fused-ring (bicyclic) bond motifs is 2. The van der Waals surface area contributed by atoms with Crippen LogP contribution in [0.25, 0.3) is 0 Å². The predicted molar refractivity (Wildman–Crippen MR) is 114 cm³/mol. The number of hydrogen-bond acceptors (Lipinski definition) is 3. The van der Waals surface area contributed by atoms with E-state index in [0.29, 0.717) is 5.84 Å². The number of hydrogen-bond donors (Lipinski definition) is 1. The number of aliphatic imine (C=N–C) groups is 1. The summed E-state index contributed by atoms with van der Waals surface area (Å²) in [6, 6.07) is 15.4. The molecule has 3 aromatic rings. The molecule has 3 heterocycles. The minimum absolute atomic E-state index is 0.225. The Bertz CT molecular complexity index is 1140. The van der Waals surface area contributed by atoms with E-state index in [1.54, 1.807) is 17.0 Å². The summed E-state index contributed by atoms with van der Waals surface area (Å²) in [5.41, 5.74) is 2.33. The van der Waals surface area contributed by atoms with Crippen molar-refractivity contribution in [3.8, 4) is 0 Å². The zero-order chi connectivity index (χ0) is 21.0. The smallest absolute Gasteiger partial charge is 0.294 e. The van der Waals surface area contributed by atoms with Crippen LogP contribution in [-0.4, -0.2) is 27.7 Å². The topological polar surface area (TPSA) is 62.5 Å². The molecule has 152 valence electrons. The van der Waals surface area contributed by atoms with Crippen molar-refractivity contribution in [2.24, 2.45) is 4.99 Å². The summed E-state index contributed by atoms with van der Waals surface area (Å²) in [6.07, 6.45) is 1.82. The van der Waals surface area contributed by atoms with Crippen LogP contribution >= 0.6 is 0 Å². The number of urea groups is 1. The van der Waals surface area contributed by atoms with Gasteiger partial charge in [0.2, 0.25) is 0 Å². The van der Waals surface area contributed by atoms with E-state index in [0.717, 1.165) is 22.6 Å². The molecule has 5 rings (SSSR count). The van der Waals surface area contributed by atoms with Gasteiger partial charge in [0, 0.05) is 17.2 Å². The molecule has 0 unspecified atom stereocenters. The molecule has 30 heavy (non-hydrogen) atoms. The zero-order valence-electron chi connectivity index (χ0n) is 17.0. The molecule has 0 aliphatic carbocycles. The van der Waals surface area contributed by atoms with Crippen molar-refractivity contribution in [3.05, 3.63) is 77.7 Å². The van der Waals surface area contributed by atoms with Gasteiger partial charge >= 0.3 is 6.03 Å². The number of anilines is 1. The normalized spacial score (nSPS) is 20.5. The van der Waals surface area contributed by atoms with Gasteiger partial charge in [0.05, 0.1) is 11.7 Å². The van der Waals surface area contributed by atoms with E-state index in [1.807, 2.05) is 41.2 Å². The van der Waals surface area contributed by atoms with Crippen LogP contribution in [0.5, 0.6) is 0 Å². The summed E-state index contributed by atoms with van der Waals surface area (Å²) in [5.74, 6) is 0.771. The van der Waals surface area contributed by atoms with Crippen LogP contribution in [0, 0.1) is 5.82 Å². The summed E-state index contributed by atoms with van der Waals surface area (Å²) < 4.78 is 15.5. The predicted octanol–water partition coefficient (Wildman–Crippen LogP) is 4.55. The second-order valence-corrected chi connectivity index (χ2v) is 8.61. The second-order valence-electron chi connectivity index (χ2n) is 8.61. The average Bonchev–Trinajstić information content (AvgIpc) is 3.27. The maximum atomic E-state index is 13.7. The Morgan fingerprint density at radius 1 is 1.03 bits per heavy atom. The monoisotopic (exact) mass is 403 g/mol. The van der Waals surface area contributed by atoms with E-state index in [4.69, 9.17) is 4.99 Å². The Kier molecular flexibility index (Phi) is 4.03. The first kappa shape index (κ1) is 18.5. The van der Waals surface area contributed by atoms with E-state index < -0.39 is 0 Å². The van der Waals surface area contributed by atoms with Crippen molar-refractivity contribution < 1.29 is 9.18 Å². The average molecular weight is 403 g/mol. The molecule has 6 nitrogen and oxygen atoms in total. The van der Waals surface area contributed by atoms with Crippen LogP contribution in [0.15, 0.2) is 65.8 Å². The fourth-order valence-electron chi connectivity index (χ4n) is 4.25. The quantitative estimate of drug-likeness (QED) is 0.682. The van der Waals surface area contributed by atoms with Crippen molar-refractivity contribution in [1.82, 2.24) is 15.1 Å². The lowest BCUT2D eigenvalue weighted by Gasteiger charge is -2.33. The molecule has 0 radical (unpaired) electrons. The van der Waals surface area contributed by atoms with E-state index in [1.165, 1.54) is 12.1 Å². The van der Waals surface area contributed by atoms with Gasteiger partial charge in [0.25, 0.3) is 0 Å². The van der Waals surface area contributed by atoms with Crippen molar-refractivity contribution in [3.63, 3.8) is 0 Å². The zero-order valence-corrected chi connectivity index (χ0v) is 17.0. The molecule has 1 fully saturated rings.